The quantitative estimate of drug-likeness (QED) is 0.887. The Labute approximate surface area is 130 Å². The summed E-state index contributed by atoms with van der Waals surface area (Å²) in [6.07, 6.45) is 1.61. The molecule has 5 nitrogen and oxygen atoms in total. The monoisotopic (exact) mass is 302 g/mol. The average Bonchev–Trinajstić information content (AvgIpc) is 3.00. The summed E-state index contributed by atoms with van der Waals surface area (Å²) in [5.41, 5.74) is 0.628. The topological polar surface area (TPSA) is 67.4 Å². The third-order valence-electron chi connectivity index (χ3n) is 5.04. The fourth-order valence-corrected chi connectivity index (χ4v) is 3.82. The van der Waals surface area contributed by atoms with Crippen molar-refractivity contribution in [2.45, 2.75) is 25.8 Å². The molecule has 0 unspecified atom stereocenters. The molecule has 5 heteroatoms. The number of amides is 2. The lowest BCUT2D eigenvalue weighted by Gasteiger charge is -2.21. The van der Waals surface area contributed by atoms with Crippen molar-refractivity contribution in [3.8, 4) is 5.75 Å². The van der Waals surface area contributed by atoms with Crippen molar-refractivity contribution in [1.29, 1.82) is 0 Å². The van der Waals surface area contributed by atoms with Gasteiger partial charge in [0.1, 0.15) is 5.75 Å². The zero-order chi connectivity index (χ0) is 15.7. The summed E-state index contributed by atoms with van der Waals surface area (Å²) in [5, 5.41) is 6.06. The van der Waals surface area contributed by atoms with E-state index in [4.69, 9.17) is 4.74 Å². The molecule has 118 valence electrons. The molecule has 1 aromatic rings. The van der Waals surface area contributed by atoms with Crippen molar-refractivity contribution < 1.29 is 14.3 Å². The molecule has 0 aromatic heterocycles. The van der Waals surface area contributed by atoms with Gasteiger partial charge in [-0.25, -0.2) is 0 Å². The minimum atomic E-state index is -0.0735. The van der Waals surface area contributed by atoms with Gasteiger partial charge < -0.3 is 15.4 Å². The molecule has 3 rings (SSSR count). The maximum absolute atomic E-state index is 12.2. The number of fused-ring (bicyclic) bond motifs is 1. The number of methoxy groups -OCH3 is 1. The molecule has 22 heavy (non-hydrogen) atoms. The zero-order valence-corrected chi connectivity index (χ0v) is 13.0. The van der Waals surface area contributed by atoms with E-state index >= 15 is 0 Å². The van der Waals surface area contributed by atoms with Gasteiger partial charge in [0.25, 0.3) is 5.91 Å². The van der Waals surface area contributed by atoms with Crippen LogP contribution in [0.3, 0.4) is 0 Å². The standard InChI is InChI=1S/C17H22N2O3/c1-10-7-15-13(8-16(20)19-15)14(10)9-18-17(21)11-3-5-12(22-2)6-4-11/h3-6,10,13-15H,7-9H2,1-2H3,(H,18,21)(H,19,20)/t10-,13-,14+,15+/m0/s1. The Kier molecular flexibility index (Phi) is 4.05. The van der Waals surface area contributed by atoms with Crippen LogP contribution in [0.25, 0.3) is 0 Å². The van der Waals surface area contributed by atoms with Gasteiger partial charge in [-0.05, 0) is 48.4 Å². The average molecular weight is 302 g/mol. The normalized spacial score (nSPS) is 29.8. The molecule has 2 fully saturated rings. The molecule has 4 atom stereocenters. The predicted octanol–water partition coefficient (Wildman–Crippen LogP) is 1.59. The molecule has 2 N–H and O–H groups in total. The van der Waals surface area contributed by atoms with E-state index in [1.165, 1.54) is 0 Å². The molecule has 1 saturated heterocycles. The summed E-state index contributed by atoms with van der Waals surface area (Å²) in [6.45, 7) is 2.83. The van der Waals surface area contributed by atoms with Crippen LogP contribution in [0.15, 0.2) is 24.3 Å². The van der Waals surface area contributed by atoms with E-state index in [0.717, 1.165) is 12.2 Å². The fourth-order valence-electron chi connectivity index (χ4n) is 3.82. The second-order valence-electron chi connectivity index (χ2n) is 6.36. The third-order valence-corrected chi connectivity index (χ3v) is 5.04. The van der Waals surface area contributed by atoms with E-state index < -0.39 is 0 Å². The van der Waals surface area contributed by atoms with Crippen molar-refractivity contribution in [2.24, 2.45) is 17.8 Å². The molecular weight excluding hydrogens is 280 g/mol. The summed E-state index contributed by atoms with van der Waals surface area (Å²) in [7, 11) is 1.60. The first-order valence-corrected chi connectivity index (χ1v) is 7.80. The van der Waals surface area contributed by atoms with Gasteiger partial charge in [0.2, 0.25) is 5.91 Å². The number of nitrogens with one attached hydrogen (secondary N) is 2. The summed E-state index contributed by atoms with van der Waals surface area (Å²) in [6, 6.07) is 7.38. The number of ether oxygens (including phenoxy) is 1. The molecule has 0 spiro atoms. The summed E-state index contributed by atoms with van der Waals surface area (Å²) in [4.78, 5) is 23.7. The Morgan fingerprint density at radius 1 is 1.36 bits per heavy atom. The van der Waals surface area contributed by atoms with Crippen LogP contribution in [0.4, 0.5) is 0 Å². The van der Waals surface area contributed by atoms with Crippen LogP contribution in [-0.4, -0.2) is 31.5 Å². The van der Waals surface area contributed by atoms with Gasteiger partial charge in [0, 0.05) is 24.6 Å². The van der Waals surface area contributed by atoms with Gasteiger partial charge in [-0.2, -0.15) is 0 Å². The highest BCUT2D eigenvalue weighted by atomic mass is 16.5. The second-order valence-corrected chi connectivity index (χ2v) is 6.36. The molecule has 0 bridgehead atoms. The van der Waals surface area contributed by atoms with Crippen LogP contribution in [-0.2, 0) is 4.79 Å². The summed E-state index contributed by atoms with van der Waals surface area (Å²) in [5.74, 6) is 2.06. The summed E-state index contributed by atoms with van der Waals surface area (Å²) >= 11 is 0. The van der Waals surface area contributed by atoms with Gasteiger partial charge >= 0.3 is 0 Å². The Morgan fingerprint density at radius 3 is 2.77 bits per heavy atom. The first-order chi connectivity index (χ1) is 10.6. The molecule has 1 aliphatic heterocycles. The highest BCUT2D eigenvalue weighted by molar-refractivity contribution is 5.94. The van der Waals surface area contributed by atoms with Crippen LogP contribution in [0.2, 0.25) is 0 Å². The molecule has 2 aliphatic rings. The van der Waals surface area contributed by atoms with Crippen LogP contribution >= 0.6 is 0 Å². The van der Waals surface area contributed by atoms with Crippen LogP contribution in [0.5, 0.6) is 5.75 Å². The third kappa shape index (κ3) is 2.80. The highest BCUT2D eigenvalue weighted by Crippen LogP contribution is 2.41. The van der Waals surface area contributed by atoms with E-state index in [0.29, 0.717) is 42.3 Å². The first kappa shape index (κ1) is 14.9. The minimum Gasteiger partial charge on any atom is -0.497 e. The van der Waals surface area contributed by atoms with Crippen LogP contribution in [0.1, 0.15) is 30.1 Å². The molecule has 0 radical (unpaired) electrons. The van der Waals surface area contributed by atoms with E-state index in [1.807, 2.05) is 0 Å². The van der Waals surface area contributed by atoms with Gasteiger partial charge in [-0.3, -0.25) is 9.59 Å². The van der Waals surface area contributed by atoms with Crippen molar-refractivity contribution >= 4 is 11.8 Å². The lowest BCUT2D eigenvalue weighted by molar-refractivity contribution is -0.119. The Balaban J connectivity index is 1.59. The van der Waals surface area contributed by atoms with Crippen LogP contribution in [0, 0.1) is 17.8 Å². The number of hydrogen-bond donors (Lipinski definition) is 2. The number of rotatable bonds is 4. The van der Waals surface area contributed by atoms with Gasteiger partial charge in [0.15, 0.2) is 0 Å². The van der Waals surface area contributed by atoms with Crippen molar-refractivity contribution in [1.82, 2.24) is 10.6 Å². The van der Waals surface area contributed by atoms with Crippen molar-refractivity contribution in [2.75, 3.05) is 13.7 Å². The maximum atomic E-state index is 12.2. The van der Waals surface area contributed by atoms with E-state index in [-0.39, 0.29) is 11.8 Å². The molecule has 1 aliphatic carbocycles. The number of hydrogen-bond acceptors (Lipinski definition) is 3. The van der Waals surface area contributed by atoms with E-state index in [1.54, 1.807) is 31.4 Å². The fraction of sp³-hybridized carbons (Fsp3) is 0.529. The lowest BCUT2D eigenvalue weighted by Crippen LogP contribution is -2.33. The van der Waals surface area contributed by atoms with E-state index in [2.05, 4.69) is 17.6 Å². The highest BCUT2D eigenvalue weighted by Gasteiger charge is 2.46. The molecule has 1 saturated carbocycles. The Morgan fingerprint density at radius 2 is 2.09 bits per heavy atom. The lowest BCUT2D eigenvalue weighted by atomic mass is 9.88. The number of benzene rings is 1. The summed E-state index contributed by atoms with van der Waals surface area (Å²) < 4.78 is 5.09. The van der Waals surface area contributed by atoms with Gasteiger partial charge in [0.05, 0.1) is 7.11 Å². The maximum Gasteiger partial charge on any atom is 0.251 e. The number of carbonyl (C=O) groups is 2. The predicted molar refractivity (Wildman–Crippen MR) is 82.6 cm³/mol. The van der Waals surface area contributed by atoms with Crippen molar-refractivity contribution in [3.05, 3.63) is 29.8 Å². The molecule has 1 heterocycles. The van der Waals surface area contributed by atoms with Gasteiger partial charge in [-0.1, -0.05) is 6.92 Å². The molecule has 1 aromatic carbocycles. The SMILES string of the molecule is COc1ccc(C(=O)NC[C@H]2[C@@H]3CC(=O)N[C@@H]3C[C@@H]2C)cc1. The second kappa shape index (κ2) is 5.99. The molecule has 2 amide bonds. The smallest absolute Gasteiger partial charge is 0.251 e. The Hall–Kier alpha value is -2.04. The largest absolute Gasteiger partial charge is 0.497 e. The van der Waals surface area contributed by atoms with Crippen LogP contribution < -0.4 is 15.4 Å². The first-order valence-electron chi connectivity index (χ1n) is 7.80. The van der Waals surface area contributed by atoms with Crippen molar-refractivity contribution in [3.63, 3.8) is 0 Å². The Bertz CT molecular complexity index is 570. The number of carbonyl (C=O) groups excluding carboxylic acids is 2. The van der Waals surface area contributed by atoms with E-state index in [9.17, 15) is 9.59 Å². The minimum absolute atomic E-state index is 0.0735. The molecular formula is C17H22N2O3. The zero-order valence-electron chi connectivity index (χ0n) is 13.0. The van der Waals surface area contributed by atoms with Gasteiger partial charge in [-0.15, -0.1) is 0 Å².